The molecule has 0 saturated carbocycles. The van der Waals surface area contributed by atoms with E-state index in [4.69, 9.17) is 4.74 Å². The third-order valence-corrected chi connectivity index (χ3v) is 1.47. The van der Waals surface area contributed by atoms with E-state index in [1.165, 1.54) is 0 Å². The van der Waals surface area contributed by atoms with Crippen molar-refractivity contribution in [1.82, 2.24) is 0 Å². The Morgan fingerprint density at radius 1 is 1.60 bits per heavy atom. The minimum Gasteiger partial charge on any atom is -0.469 e. The van der Waals surface area contributed by atoms with Gasteiger partial charge in [0.25, 0.3) is 0 Å². The average Bonchev–Trinajstić information content (AvgIpc) is 2.31. The van der Waals surface area contributed by atoms with E-state index in [2.05, 4.69) is 6.92 Å². The Balaban J connectivity index is 2.58. The monoisotopic (exact) mass is 136 g/mol. The highest BCUT2D eigenvalue weighted by molar-refractivity contribution is 5.17. The summed E-state index contributed by atoms with van der Waals surface area (Å²) in [5.74, 6) is 1.47. The highest BCUT2D eigenvalue weighted by atomic mass is 16.5. The van der Waals surface area contributed by atoms with Crippen molar-refractivity contribution in [3.8, 4) is 0 Å². The summed E-state index contributed by atoms with van der Waals surface area (Å²) in [7, 11) is 0. The van der Waals surface area contributed by atoms with E-state index >= 15 is 0 Å². The standard InChI is InChI=1S/C9H12O/c1-3-4-5-9-8(2)6-7-10-9/h3-8H,1-2H3. The molecule has 0 aromatic rings. The third-order valence-electron chi connectivity index (χ3n) is 1.47. The molecule has 1 aliphatic rings. The Labute approximate surface area is 61.7 Å². The molecule has 1 atom stereocenters. The van der Waals surface area contributed by atoms with Crippen LogP contribution in [0, 0.1) is 5.92 Å². The minimum absolute atomic E-state index is 0.441. The van der Waals surface area contributed by atoms with Gasteiger partial charge in [-0.2, -0.15) is 0 Å². The van der Waals surface area contributed by atoms with E-state index in [1.807, 2.05) is 31.2 Å². The molecular formula is C9H12O. The zero-order chi connectivity index (χ0) is 7.40. The lowest BCUT2D eigenvalue weighted by Gasteiger charge is -2.00. The maximum absolute atomic E-state index is 5.20. The van der Waals surface area contributed by atoms with E-state index in [1.54, 1.807) is 6.26 Å². The Morgan fingerprint density at radius 2 is 2.40 bits per heavy atom. The smallest absolute Gasteiger partial charge is 0.110 e. The second-order valence-corrected chi connectivity index (χ2v) is 2.33. The molecule has 1 heterocycles. The van der Waals surface area contributed by atoms with Gasteiger partial charge in [-0.25, -0.2) is 0 Å². The number of rotatable bonds is 1. The van der Waals surface area contributed by atoms with Crippen molar-refractivity contribution in [1.29, 1.82) is 0 Å². The van der Waals surface area contributed by atoms with Crippen molar-refractivity contribution in [3.05, 3.63) is 36.3 Å². The van der Waals surface area contributed by atoms with Gasteiger partial charge in [0.05, 0.1) is 6.26 Å². The molecule has 1 unspecified atom stereocenters. The lowest BCUT2D eigenvalue weighted by atomic mass is 10.1. The molecule has 0 amide bonds. The van der Waals surface area contributed by atoms with Gasteiger partial charge >= 0.3 is 0 Å². The van der Waals surface area contributed by atoms with Crippen LogP contribution in [0.3, 0.4) is 0 Å². The van der Waals surface area contributed by atoms with Gasteiger partial charge in [0.1, 0.15) is 5.76 Å². The molecule has 0 radical (unpaired) electrons. The fourth-order valence-electron chi connectivity index (χ4n) is 0.820. The van der Waals surface area contributed by atoms with Crippen molar-refractivity contribution in [3.63, 3.8) is 0 Å². The van der Waals surface area contributed by atoms with Gasteiger partial charge in [0.15, 0.2) is 0 Å². The summed E-state index contributed by atoms with van der Waals surface area (Å²) in [6, 6.07) is 0. The van der Waals surface area contributed by atoms with Crippen LogP contribution in [0.2, 0.25) is 0 Å². The summed E-state index contributed by atoms with van der Waals surface area (Å²) in [6.07, 6.45) is 9.74. The molecule has 54 valence electrons. The van der Waals surface area contributed by atoms with Crippen LogP contribution in [0.5, 0.6) is 0 Å². The molecule has 1 rings (SSSR count). The van der Waals surface area contributed by atoms with Gasteiger partial charge in [0.2, 0.25) is 0 Å². The van der Waals surface area contributed by atoms with Crippen molar-refractivity contribution in [2.75, 3.05) is 0 Å². The van der Waals surface area contributed by atoms with E-state index in [0.717, 1.165) is 5.76 Å². The first kappa shape index (κ1) is 7.13. The zero-order valence-corrected chi connectivity index (χ0v) is 6.37. The molecule has 10 heavy (non-hydrogen) atoms. The molecule has 0 aromatic heterocycles. The molecule has 1 heteroatoms. The van der Waals surface area contributed by atoms with Crippen LogP contribution in [0.1, 0.15) is 13.8 Å². The molecule has 0 fully saturated rings. The molecule has 1 aliphatic heterocycles. The maximum atomic E-state index is 5.20. The summed E-state index contributed by atoms with van der Waals surface area (Å²) in [5, 5.41) is 0. The highest BCUT2D eigenvalue weighted by Gasteiger charge is 2.09. The fourth-order valence-corrected chi connectivity index (χ4v) is 0.820. The van der Waals surface area contributed by atoms with Gasteiger partial charge in [-0.05, 0) is 19.1 Å². The largest absolute Gasteiger partial charge is 0.469 e. The Hall–Kier alpha value is -0.980. The average molecular weight is 136 g/mol. The maximum Gasteiger partial charge on any atom is 0.110 e. The van der Waals surface area contributed by atoms with Crippen molar-refractivity contribution < 1.29 is 4.74 Å². The summed E-state index contributed by atoms with van der Waals surface area (Å²) < 4.78 is 5.20. The molecule has 0 spiro atoms. The number of ether oxygens (including phenoxy) is 1. The lowest BCUT2D eigenvalue weighted by Crippen LogP contribution is -1.88. The Kier molecular flexibility index (Phi) is 2.32. The second-order valence-electron chi connectivity index (χ2n) is 2.33. The highest BCUT2D eigenvalue weighted by Crippen LogP contribution is 2.20. The quantitative estimate of drug-likeness (QED) is 0.538. The molecule has 0 N–H and O–H groups in total. The van der Waals surface area contributed by atoms with Crippen molar-refractivity contribution in [2.24, 2.45) is 5.92 Å². The van der Waals surface area contributed by atoms with Gasteiger partial charge in [-0.3, -0.25) is 0 Å². The number of hydrogen-bond donors (Lipinski definition) is 0. The molecule has 0 bridgehead atoms. The zero-order valence-electron chi connectivity index (χ0n) is 6.37. The number of allylic oxidation sites excluding steroid dienone is 4. The normalized spacial score (nSPS) is 28.2. The Bertz CT molecular complexity index is 187. The van der Waals surface area contributed by atoms with Crippen LogP contribution in [0.4, 0.5) is 0 Å². The van der Waals surface area contributed by atoms with E-state index in [0.29, 0.717) is 5.92 Å². The first-order valence-corrected chi connectivity index (χ1v) is 3.51. The Morgan fingerprint density at radius 3 is 2.90 bits per heavy atom. The van der Waals surface area contributed by atoms with Crippen LogP contribution in [-0.2, 0) is 4.74 Å². The summed E-state index contributed by atoms with van der Waals surface area (Å²) >= 11 is 0. The molecule has 0 aromatic carbocycles. The van der Waals surface area contributed by atoms with Gasteiger partial charge in [-0.1, -0.05) is 19.1 Å². The van der Waals surface area contributed by atoms with E-state index in [-0.39, 0.29) is 0 Å². The lowest BCUT2D eigenvalue weighted by molar-refractivity contribution is 0.348. The van der Waals surface area contributed by atoms with Crippen LogP contribution in [0.25, 0.3) is 0 Å². The summed E-state index contributed by atoms with van der Waals surface area (Å²) in [5.41, 5.74) is 0. The first-order chi connectivity index (χ1) is 4.84. The molecular weight excluding hydrogens is 124 g/mol. The minimum atomic E-state index is 0.441. The van der Waals surface area contributed by atoms with Crippen molar-refractivity contribution in [2.45, 2.75) is 13.8 Å². The fraction of sp³-hybridized carbons (Fsp3) is 0.333. The van der Waals surface area contributed by atoms with E-state index < -0.39 is 0 Å². The summed E-state index contributed by atoms with van der Waals surface area (Å²) in [6.45, 7) is 4.10. The topological polar surface area (TPSA) is 9.23 Å². The molecule has 0 saturated heterocycles. The van der Waals surface area contributed by atoms with Crippen LogP contribution >= 0.6 is 0 Å². The predicted octanol–water partition coefficient (Wildman–Crippen LogP) is 2.63. The SMILES string of the molecule is CC=CC=C1OC=CC1C. The summed E-state index contributed by atoms with van der Waals surface area (Å²) in [4.78, 5) is 0. The van der Waals surface area contributed by atoms with Crippen LogP contribution in [-0.4, -0.2) is 0 Å². The van der Waals surface area contributed by atoms with Crippen LogP contribution < -0.4 is 0 Å². The number of hydrogen-bond acceptors (Lipinski definition) is 1. The van der Waals surface area contributed by atoms with Gasteiger partial charge < -0.3 is 4.74 Å². The second kappa shape index (κ2) is 3.25. The van der Waals surface area contributed by atoms with Gasteiger partial charge in [-0.15, -0.1) is 0 Å². The van der Waals surface area contributed by atoms with Crippen molar-refractivity contribution >= 4 is 0 Å². The van der Waals surface area contributed by atoms with Crippen LogP contribution in [0.15, 0.2) is 36.3 Å². The third kappa shape index (κ3) is 1.50. The molecule has 0 aliphatic carbocycles. The predicted molar refractivity (Wildman–Crippen MR) is 42.3 cm³/mol. The van der Waals surface area contributed by atoms with E-state index in [9.17, 15) is 0 Å². The van der Waals surface area contributed by atoms with Gasteiger partial charge in [0, 0.05) is 5.92 Å². The first-order valence-electron chi connectivity index (χ1n) is 3.51. The molecule has 1 nitrogen and oxygen atoms in total.